The van der Waals surface area contributed by atoms with E-state index in [1.807, 2.05) is 0 Å². The van der Waals surface area contributed by atoms with Crippen LogP contribution in [0, 0.1) is 5.82 Å². The van der Waals surface area contributed by atoms with Gasteiger partial charge in [0.05, 0.1) is 26.5 Å². The highest BCUT2D eigenvalue weighted by Crippen LogP contribution is 2.33. The predicted octanol–water partition coefficient (Wildman–Crippen LogP) is 1.84. The van der Waals surface area contributed by atoms with E-state index in [1.165, 1.54) is 32.5 Å². The Kier molecular flexibility index (Phi) is 4.89. The number of aromatic nitrogens is 2. The maximum atomic E-state index is 14.1. The molecule has 0 spiro atoms. The van der Waals surface area contributed by atoms with E-state index in [-0.39, 0.29) is 22.3 Å². The van der Waals surface area contributed by atoms with Crippen molar-refractivity contribution in [3.63, 3.8) is 0 Å². The number of hydrogen-bond acceptors (Lipinski definition) is 6. The van der Waals surface area contributed by atoms with E-state index >= 15 is 0 Å². The number of methoxy groups -OCH3 is 2. The van der Waals surface area contributed by atoms with Crippen LogP contribution in [0.1, 0.15) is 17.3 Å². The Morgan fingerprint density at radius 1 is 1.33 bits per heavy atom. The summed E-state index contributed by atoms with van der Waals surface area (Å²) < 4.78 is 24.2. The monoisotopic (exact) mass is 312 g/mol. The molecule has 112 valence electrons. The molecule has 21 heavy (non-hydrogen) atoms. The van der Waals surface area contributed by atoms with Crippen molar-refractivity contribution in [2.45, 2.75) is 6.04 Å². The van der Waals surface area contributed by atoms with E-state index in [2.05, 4.69) is 15.4 Å². The van der Waals surface area contributed by atoms with Gasteiger partial charge in [0.15, 0.2) is 0 Å². The highest BCUT2D eigenvalue weighted by molar-refractivity contribution is 6.31. The molecule has 0 saturated carbocycles. The zero-order valence-corrected chi connectivity index (χ0v) is 12.2. The number of hydrogen-bond donors (Lipinski definition) is 2. The van der Waals surface area contributed by atoms with Crippen molar-refractivity contribution in [3.05, 3.63) is 46.5 Å². The lowest BCUT2D eigenvalue weighted by Crippen LogP contribution is -2.31. The molecule has 2 aromatic rings. The lowest BCUT2D eigenvalue weighted by molar-refractivity contribution is 0.352. The first-order valence-electron chi connectivity index (χ1n) is 5.97. The summed E-state index contributed by atoms with van der Waals surface area (Å²) in [6.45, 7) is 0. The van der Waals surface area contributed by atoms with E-state index in [0.717, 1.165) is 0 Å². The summed E-state index contributed by atoms with van der Waals surface area (Å²) >= 11 is 6.06. The number of benzene rings is 1. The third-order valence-electron chi connectivity index (χ3n) is 2.88. The number of hydrazine groups is 1. The Bertz CT molecular complexity index is 621. The van der Waals surface area contributed by atoms with Gasteiger partial charge >= 0.3 is 0 Å². The van der Waals surface area contributed by atoms with Crippen LogP contribution in [0.2, 0.25) is 5.02 Å². The topological polar surface area (TPSA) is 82.3 Å². The summed E-state index contributed by atoms with van der Waals surface area (Å²) in [4.78, 5) is 8.27. The Labute approximate surface area is 126 Å². The van der Waals surface area contributed by atoms with Crippen LogP contribution in [0.3, 0.4) is 0 Å². The minimum Gasteiger partial charge on any atom is -0.480 e. The Hall–Kier alpha value is -1.96. The van der Waals surface area contributed by atoms with Crippen LogP contribution in [0.15, 0.2) is 24.4 Å². The van der Waals surface area contributed by atoms with Crippen LogP contribution in [0.4, 0.5) is 4.39 Å². The van der Waals surface area contributed by atoms with Crippen LogP contribution < -0.4 is 20.7 Å². The Balaban J connectivity index is 2.56. The molecule has 3 N–H and O–H groups in total. The fraction of sp³-hybridized carbons (Fsp3) is 0.231. The SMILES string of the molecule is COc1cnc(C(NN)c2c(F)cccc2Cl)c(OC)n1. The second kappa shape index (κ2) is 6.66. The predicted molar refractivity (Wildman–Crippen MR) is 75.7 cm³/mol. The van der Waals surface area contributed by atoms with Crippen molar-refractivity contribution in [2.24, 2.45) is 5.84 Å². The molecule has 1 aromatic heterocycles. The van der Waals surface area contributed by atoms with Gasteiger partial charge in [-0.05, 0) is 12.1 Å². The summed E-state index contributed by atoms with van der Waals surface area (Å²) in [6.07, 6.45) is 1.39. The van der Waals surface area contributed by atoms with Crippen molar-refractivity contribution in [1.29, 1.82) is 0 Å². The van der Waals surface area contributed by atoms with Gasteiger partial charge in [0.2, 0.25) is 11.8 Å². The van der Waals surface area contributed by atoms with Crippen LogP contribution in [0.25, 0.3) is 0 Å². The normalized spacial score (nSPS) is 12.0. The summed E-state index contributed by atoms with van der Waals surface area (Å²) in [5.41, 5.74) is 2.95. The maximum Gasteiger partial charge on any atom is 0.240 e. The number of nitrogens with two attached hydrogens (primary N) is 1. The van der Waals surface area contributed by atoms with Crippen LogP contribution >= 0.6 is 11.6 Å². The molecule has 0 radical (unpaired) electrons. The van der Waals surface area contributed by atoms with Gasteiger partial charge in [-0.1, -0.05) is 17.7 Å². The minimum absolute atomic E-state index is 0.164. The van der Waals surface area contributed by atoms with Gasteiger partial charge in [-0.2, -0.15) is 4.98 Å². The summed E-state index contributed by atoms with van der Waals surface area (Å²) in [5.74, 6) is 5.46. The number of rotatable bonds is 5. The molecular weight excluding hydrogens is 299 g/mol. The molecule has 2 rings (SSSR count). The number of halogens is 2. The van der Waals surface area contributed by atoms with Gasteiger partial charge in [-0.25, -0.2) is 14.8 Å². The molecular formula is C13H14ClFN4O2. The van der Waals surface area contributed by atoms with E-state index in [0.29, 0.717) is 5.69 Å². The average Bonchev–Trinajstić information content (AvgIpc) is 2.50. The molecule has 1 heterocycles. The number of ether oxygens (including phenoxy) is 2. The first kappa shape index (κ1) is 15.4. The number of nitrogens with one attached hydrogen (secondary N) is 1. The van der Waals surface area contributed by atoms with Gasteiger partial charge in [-0.3, -0.25) is 5.84 Å². The molecule has 0 aliphatic heterocycles. The molecule has 0 bridgehead atoms. The standard InChI is InChI=1S/C13H14ClFN4O2/c1-20-9-6-17-12(13(18-9)21-2)11(19-16)10-7(14)4-3-5-8(10)15/h3-6,11,19H,16H2,1-2H3. The van der Waals surface area contributed by atoms with Crippen LogP contribution in [0.5, 0.6) is 11.8 Å². The summed E-state index contributed by atoms with van der Waals surface area (Å²) in [6, 6.07) is 3.54. The zero-order valence-electron chi connectivity index (χ0n) is 11.4. The molecule has 0 amide bonds. The Morgan fingerprint density at radius 3 is 2.67 bits per heavy atom. The fourth-order valence-electron chi connectivity index (χ4n) is 1.90. The van der Waals surface area contributed by atoms with Gasteiger partial charge in [-0.15, -0.1) is 0 Å². The molecule has 0 aliphatic rings. The minimum atomic E-state index is -0.813. The third-order valence-corrected chi connectivity index (χ3v) is 3.21. The second-order valence-electron chi connectivity index (χ2n) is 4.04. The van der Waals surface area contributed by atoms with E-state index in [9.17, 15) is 4.39 Å². The highest BCUT2D eigenvalue weighted by atomic mass is 35.5. The van der Waals surface area contributed by atoms with E-state index in [4.69, 9.17) is 26.9 Å². The van der Waals surface area contributed by atoms with E-state index in [1.54, 1.807) is 6.07 Å². The zero-order chi connectivity index (χ0) is 15.4. The van der Waals surface area contributed by atoms with Crippen molar-refractivity contribution >= 4 is 11.6 Å². The van der Waals surface area contributed by atoms with Crippen molar-refractivity contribution in [1.82, 2.24) is 15.4 Å². The summed E-state index contributed by atoms with van der Waals surface area (Å²) in [5, 5.41) is 0.220. The maximum absolute atomic E-state index is 14.1. The van der Waals surface area contributed by atoms with Crippen molar-refractivity contribution in [2.75, 3.05) is 14.2 Å². The lowest BCUT2D eigenvalue weighted by Gasteiger charge is -2.19. The first-order valence-corrected chi connectivity index (χ1v) is 6.35. The van der Waals surface area contributed by atoms with Crippen molar-refractivity contribution in [3.8, 4) is 11.8 Å². The van der Waals surface area contributed by atoms with Crippen LogP contribution in [-0.4, -0.2) is 24.2 Å². The van der Waals surface area contributed by atoms with Crippen LogP contribution in [-0.2, 0) is 0 Å². The fourth-order valence-corrected chi connectivity index (χ4v) is 2.17. The average molecular weight is 313 g/mol. The first-order chi connectivity index (χ1) is 10.1. The largest absolute Gasteiger partial charge is 0.480 e. The Morgan fingerprint density at radius 2 is 2.10 bits per heavy atom. The third kappa shape index (κ3) is 3.05. The molecule has 1 aromatic carbocycles. The molecule has 0 fully saturated rings. The lowest BCUT2D eigenvalue weighted by atomic mass is 10.0. The quantitative estimate of drug-likeness (QED) is 0.647. The van der Waals surface area contributed by atoms with Gasteiger partial charge < -0.3 is 9.47 Å². The molecule has 6 nitrogen and oxygen atoms in total. The van der Waals surface area contributed by atoms with E-state index < -0.39 is 11.9 Å². The molecule has 1 unspecified atom stereocenters. The summed E-state index contributed by atoms with van der Waals surface area (Å²) in [7, 11) is 2.87. The molecule has 0 aliphatic carbocycles. The van der Waals surface area contributed by atoms with Crippen molar-refractivity contribution < 1.29 is 13.9 Å². The highest BCUT2D eigenvalue weighted by Gasteiger charge is 2.25. The van der Waals surface area contributed by atoms with Gasteiger partial charge in [0.1, 0.15) is 11.5 Å². The van der Waals surface area contributed by atoms with Gasteiger partial charge in [0, 0.05) is 10.6 Å². The van der Waals surface area contributed by atoms with Gasteiger partial charge in [0.25, 0.3) is 0 Å². The smallest absolute Gasteiger partial charge is 0.240 e. The number of nitrogens with zero attached hydrogens (tertiary/aromatic N) is 2. The second-order valence-corrected chi connectivity index (χ2v) is 4.45. The molecule has 8 heteroatoms. The molecule has 0 saturated heterocycles. The molecule has 1 atom stereocenters.